The maximum Gasteiger partial charge on any atom is 0.306 e. The molecular weight excluding hydrogens is 450 g/mol. The molecule has 0 fully saturated rings. The van der Waals surface area contributed by atoms with Gasteiger partial charge in [0.15, 0.2) is 0 Å². The highest BCUT2D eigenvalue weighted by molar-refractivity contribution is 6.31. The molecule has 184 valence electrons. The summed E-state index contributed by atoms with van der Waals surface area (Å²) in [6.07, 6.45) is 5.35. The Labute approximate surface area is 206 Å². The Hall–Kier alpha value is -2.60. The summed E-state index contributed by atoms with van der Waals surface area (Å²) >= 11 is 6.16. The number of phenols is 1. The number of nitrogens with zero attached hydrogens (tertiary/aromatic N) is 3. The summed E-state index contributed by atoms with van der Waals surface area (Å²) in [6.45, 7) is 11.1. The van der Waals surface area contributed by atoms with Crippen LogP contribution in [0.2, 0.25) is 5.02 Å². The van der Waals surface area contributed by atoms with Crippen LogP contribution in [0.1, 0.15) is 77.8 Å². The van der Waals surface area contributed by atoms with Gasteiger partial charge in [0.25, 0.3) is 0 Å². The molecule has 0 saturated carbocycles. The zero-order chi connectivity index (χ0) is 24.6. The molecule has 2 aromatic heterocycles. The molecule has 6 nitrogen and oxygen atoms in total. The lowest BCUT2D eigenvalue weighted by atomic mass is 9.84. The number of hydrogen-bond acceptors (Lipinski definition) is 3. The van der Waals surface area contributed by atoms with Crippen molar-refractivity contribution in [3.63, 3.8) is 0 Å². The van der Waals surface area contributed by atoms with Gasteiger partial charge in [0.05, 0.1) is 6.61 Å². The molecule has 2 aromatic carbocycles. The minimum Gasteiger partial charge on any atom is -0.505 e. The summed E-state index contributed by atoms with van der Waals surface area (Å²) in [7, 11) is 0. The van der Waals surface area contributed by atoms with Crippen molar-refractivity contribution in [2.75, 3.05) is 6.61 Å². The number of phenolic OH excluding ortho intramolecular Hbond substituents is 1. The number of aromatic nitrogens is 3. The number of esters is 1. The number of ether oxygens (including phenoxy) is 1. The van der Waals surface area contributed by atoms with Crippen LogP contribution in [-0.4, -0.2) is 31.7 Å². The average molecular weight is 486 g/mol. The van der Waals surface area contributed by atoms with Crippen molar-refractivity contribution in [1.29, 1.82) is 0 Å². The Bertz CT molecular complexity index is 1270. The number of unbranched alkanes of at least 4 members (excludes halogenated alkanes) is 1. The minimum atomic E-state index is -0.251. The number of aryl methyl sites for hydroxylation is 1. The van der Waals surface area contributed by atoms with Gasteiger partial charge >= 0.3 is 5.97 Å². The molecule has 4 aromatic rings. The molecule has 1 unspecified atom stereocenters. The number of rotatable bonds is 10. The van der Waals surface area contributed by atoms with Crippen LogP contribution in [0, 0.1) is 5.92 Å². The van der Waals surface area contributed by atoms with Gasteiger partial charge in [-0.05, 0) is 54.0 Å². The zero-order valence-corrected chi connectivity index (χ0v) is 21.7. The lowest BCUT2D eigenvalue weighted by Crippen LogP contribution is -2.15. The first-order valence-electron chi connectivity index (χ1n) is 12.4. The molecule has 0 bridgehead atoms. The van der Waals surface area contributed by atoms with E-state index in [1.165, 1.54) is 6.42 Å². The summed E-state index contributed by atoms with van der Waals surface area (Å²) in [5.41, 5.74) is 4.36. The summed E-state index contributed by atoms with van der Waals surface area (Å²) in [5, 5.41) is 11.8. The van der Waals surface area contributed by atoms with Crippen molar-refractivity contribution in [2.45, 2.75) is 78.6 Å². The van der Waals surface area contributed by atoms with Gasteiger partial charge in [-0.3, -0.25) is 4.79 Å². The molecule has 4 rings (SSSR count). The largest absolute Gasteiger partial charge is 0.505 e. The van der Waals surface area contributed by atoms with Gasteiger partial charge in [-0.25, -0.2) is 0 Å². The van der Waals surface area contributed by atoms with Gasteiger partial charge < -0.3 is 9.84 Å². The van der Waals surface area contributed by atoms with Gasteiger partial charge in [0.2, 0.25) is 0 Å². The number of hydrogen-bond donors (Lipinski definition) is 1. The molecule has 2 heterocycles. The first-order chi connectivity index (χ1) is 16.2. The van der Waals surface area contributed by atoms with Crippen LogP contribution in [-0.2, 0) is 21.4 Å². The normalized spacial score (nSPS) is 13.4. The number of aromatic hydroxyl groups is 1. The van der Waals surface area contributed by atoms with E-state index in [0.29, 0.717) is 36.1 Å². The average Bonchev–Trinajstić information content (AvgIpc) is 3.45. The summed E-state index contributed by atoms with van der Waals surface area (Å²) < 4.78 is 9.56. The monoisotopic (exact) mass is 485 g/mol. The highest BCUT2D eigenvalue weighted by Crippen LogP contribution is 2.39. The number of halogens is 1. The first-order valence-corrected chi connectivity index (χ1v) is 12.7. The van der Waals surface area contributed by atoms with Crippen molar-refractivity contribution < 1.29 is 14.6 Å². The molecule has 0 spiro atoms. The smallest absolute Gasteiger partial charge is 0.306 e. The molecule has 1 N–H and O–H groups in total. The number of carbonyl (C=O) groups excluding carboxylic acids is 1. The van der Waals surface area contributed by atoms with E-state index < -0.39 is 0 Å². The first kappa shape index (κ1) is 24.5. The topological polar surface area (TPSA) is 60.3 Å². The summed E-state index contributed by atoms with van der Waals surface area (Å²) in [4.78, 5) is 14.4. The maximum absolute atomic E-state index is 12.5. The predicted molar refractivity (Wildman–Crippen MR) is 137 cm³/mol. The van der Waals surface area contributed by atoms with E-state index in [2.05, 4.69) is 34.6 Å². The van der Waals surface area contributed by atoms with E-state index in [-0.39, 0.29) is 17.1 Å². The molecule has 0 aliphatic carbocycles. The van der Waals surface area contributed by atoms with Crippen molar-refractivity contribution in [2.24, 2.45) is 5.92 Å². The molecule has 1 atom stereocenters. The fourth-order valence-corrected chi connectivity index (χ4v) is 4.66. The van der Waals surface area contributed by atoms with Crippen LogP contribution in [0.5, 0.6) is 5.75 Å². The lowest BCUT2D eigenvalue weighted by molar-refractivity contribution is -0.145. The number of benzene rings is 2. The Morgan fingerprint density at radius 2 is 1.85 bits per heavy atom. The zero-order valence-electron chi connectivity index (χ0n) is 20.9. The second-order valence-corrected chi connectivity index (χ2v) is 10.8. The van der Waals surface area contributed by atoms with Gasteiger partial charge in [-0.15, -0.1) is 14.1 Å². The van der Waals surface area contributed by atoms with Crippen LogP contribution in [0.15, 0.2) is 30.3 Å². The van der Waals surface area contributed by atoms with Crippen molar-refractivity contribution in [1.82, 2.24) is 14.1 Å². The van der Waals surface area contributed by atoms with E-state index in [1.54, 1.807) is 0 Å². The standard InChI is InChI=1S/C27H36ClN3O3/c1-6-8-9-18(7-2)17-34-25(32)13-10-19-14-21(27(3,4)5)26(33)24(15-19)31-29-22-12-11-20(28)16-23(22)30(29)31/h11-12,14-16,18,33H,6-10,13,17H2,1-5H3. The van der Waals surface area contributed by atoms with E-state index in [9.17, 15) is 9.90 Å². The molecule has 0 aliphatic rings. The third-order valence-corrected chi connectivity index (χ3v) is 6.93. The highest BCUT2D eigenvalue weighted by atomic mass is 35.5. The molecule has 0 saturated heterocycles. The summed E-state index contributed by atoms with van der Waals surface area (Å²) in [6, 6.07) is 9.73. The SMILES string of the molecule is CCCCC(CC)COC(=O)CCc1cc(-n2n3c4ccc(Cl)cc4n23)c(O)c(C(C)(C)C)c1. The molecular formula is C27H36ClN3O3. The lowest BCUT2D eigenvalue weighted by Gasteiger charge is -2.22. The fraction of sp³-hybridized carbons (Fsp3) is 0.519. The molecule has 0 radical (unpaired) electrons. The Morgan fingerprint density at radius 3 is 2.53 bits per heavy atom. The van der Waals surface area contributed by atoms with Crippen LogP contribution in [0.3, 0.4) is 0 Å². The minimum absolute atomic E-state index is 0.164. The van der Waals surface area contributed by atoms with Crippen molar-refractivity contribution >= 4 is 28.6 Å². The Balaban J connectivity index is 1.54. The van der Waals surface area contributed by atoms with Crippen LogP contribution >= 0.6 is 11.6 Å². The Morgan fingerprint density at radius 1 is 1.12 bits per heavy atom. The number of fused-ring (bicyclic) bond motifs is 4. The quantitative estimate of drug-likeness (QED) is 0.252. The van der Waals surface area contributed by atoms with Gasteiger partial charge in [-0.2, -0.15) is 0 Å². The molecule has 0 amide bonds. The summed E-state index contributed by atoms with van der Waals surface area (Å²) in [5.74, 6) is 0.531. The second-order valence-electron chi connectivity index (χ2n) is 10.4. The maximum atomic E-state index is 12.5. The third kappa shape index (κ3) is 4.78. The molecule has 7 heteroatoms. The van der Waals surface area contributed by atoms with E-state index in [1.807, 2.05) is 44.4 Å². The second kappa shape index (κ2) is 9.57. The van der Waals surface area contributed by atoms with Gasteiger partial charge in [0.1, 0.15) is 22.5 Å². The molecule has 34 heavy (non-hydrogen) atoms. The Kier molecular flexibility index (Phi) is 6.90. The van der Waals surface area contributed by atoms with Crippen LogP contribution in [0.4, 0.5) is 0 Å². The highest BCUT2D eigenvalue weighted by Gasteiger charge is 2.29. The number of carbonyl (C=O) groups is 1. The van der Waals surface area contributed by atoms with E-state index in [4.69, 9.17) is 16.3 Å². The van der Waals surface area contributed by atoms with Crippen LogP contribution < -0.4 is 0 Å². The third-order valence-electron chi connectivity index (χ3n) is 6.69. The van der Waals surface area contributed by atoms with Crippen molar-refractivity contribution in [3.8, 4) is 11.4 Å². The fourth-order valence-electron chi connectivity index (χ4n) is 4.49. The van der Waals surface area contributed by atoms with Gasteiger partial charge in [-0.1, -0.05) is 71.5 Å². The van der Waals surface area contributed by atoms with Crippen LogP contribution in [0.25, 0.3) is 16.7 Å². The van der Waals surface area contributed by atoms with E-state index >= 15 is 0 Å². The van der Waals surface area contributed by atoms with E-state index in [0.717, 1.165) is 41.4 Å². The van der Waals surface area contributed by atoms with Crippen molar-refractivity contribution in [3.05, 3.63) is 46.5 Å². The molecule has 0 aliphatic heterocycles. The predicted octanol–water partition coefficient (Wildman–Crippen LogP) is 6.77. The van der Waals surface area contributed by atoms with Gasteiger partial charge in [0, 0.05) is 17.0 Å².